The number of amides is 2. The SMILES string of the molecule is NC(=O)Nc1ccc(NCc2ccc(O)c(O)c2)cc1. The molecule has 0 radical (unpaired) electrons. The Morgan fingerprint density at radius 3 is 2.25 bits per heavy atom. The van der Waals surface area contributed by atoms with Gasteiger partial charge in [0.15, 0.2) is 11.5 Å². The summed E-state index contributed by atoms with van der Waals surface area (Å²) >= 11 is 0. The molecule has 0 aliphatic rings. The molecule has 0 saturated heterocycles. The predicted octanol–water partition coefficient (Wildman–Crippen LogP) is 2.20. The Balaban J connectivity index is 1.96. The molecular weight excluding hydrogens is 258 g/mol. The number of phenols is 2. The molecule has 0 heterocycles. The molecule has 0 saturated carbocycles. The molecule has 2 aromatic carbocycles. The quantitative estimate of drug-likeness (QED) is 0.550. The van der Waals surface area contributed by atoms with Crippen LogP contribution in [0.15, 0.2) is 42.5 Å². The summed E-state index contributed by atoms with van der Waals surface area (Å²) in [5.74, 6) is -0.291. The molecule has 0 atom stereocenters. The van der Waals surface area contributed by atoms with Crippen LogP contribution in [-0.4, -0.2) is 16.2 Å². The van der Waals surface area contributed by atoms with Gasteiger partial charge in [0, 0.05) is 17.9 Å². The summed E-state index contributed by atoms with van der Waals surface area (Å²) in [5, 5.41) is 24.2. The summed E-state index contributed by atoms with van der Waals surface area (Å²) < 4.78 is 0. The summed E-state index contributed by atoms with van der Waals surface area (Å²) in [6.45, 7) is 0.496. The second-order valence-electron chi connectivity index (χ2n) is 4.24. The highest BCUT2D eigenvalue weighted by molar-refractivity contribution is 5.87. The van der Waals surface area contributed by atoms with Gasteiger partial charge in [-0.25, -0.2) is 4.79 Å². The topological polar surface area (TPSA) is 108 Å². The Morgan fingerprint density at radius 1 is 1.00 bits per heavy atom. The highest BCUT2D eigenvalue weighted by atomic mass is 16.3. The largest absolute Gasteiger partial charge is 0.504 e. The molecule has 0 unspecified atom stereocenters. The van der Waals surface area contributed by atoms with E-state index in [9.17, 15) is 15.0 Å². The molecule has 2 amide bonds. The molecule has 20 heavy (non-hydrogen) atoms. The lowest BCUT2D eigenvalue weighted by Gasteiger charge is -2.08. The number of nitrogens with one attached hydrogen (secondary N) is 2. The molecule has 0 spiro atoms. The van der Waals surface area contributed by atoms with E-state index in [2.05, 4.69) is 10.6 Å². The molecule has 104 valence electrons. The average molecular weight is 273 g/mol. The van der Waals surface area contributed by atoms with E-state index in [4.69, 9.17) is 5.73 Å². The van der Waals surface area contributed by atoms with Gasteiger partial charge in [-0.15, -0.1) is 0 Å². The molecule has 2 aromatic rings. The third kappa shape index (κ3) is 3.55. The van der Waals surface area contributed by atoms with Crippen molar-refractivity contribution < 1.29 is 15.0 Å². The Labute approximate surface area is 115 Å². The molecule has 6 nitrogen and oxygen atoms in total. The zero-order valence-corrected chi connectivity index (χ0v) is 10.6. The maximum absolute atomic E-state index is 10.7. The van der Waals surface area contributed by atoms with Crippen LogP contribution in [0.2, 0.25) is 0 Å². The Morgan fingerprint density at radius 2 is 1.65 bits per heavy atom. The normalized spacial score (nSPS) is 10.0. The van der Waals surface area contributed by atoms with Crippen molar-refractivity contribution >= 4 is 17.4 Å². The first kappa shape index (κ1) is 13.5. The van der Waals surface area contributed by atoms with Crippen LogP contribution in [0.1, 0.15) is 5.56 Å². The van der Waals surface area contributed by atoms with Crippen molar-refractivity contribution in [3.63, 3.8) is 0 Å². The van der Waals surface area contributed by atoms with Gasteiger partial charge >= 0.3 is 6.03 Å². The van der Waals surface area contributed by atoms with Gasteiger partial charge < -0.3 is 26.6 Å². The van der Waals surface area contributed by atoms with Gasteiger partial charge in [-0.2, -0.15) is 0 Å². The third-order valence-electron chi connectivity index (χ3n) is 2.69. The molecule has 0 aliphatic heterocycles. The van der Waals surface area contributed by atoms with Crippen LogP contribution in [0.5, 0.6) is 11.5 Å². The average Bonchev–Trinajstić information content (AvgIpc) is 2.41. The third-order valence-corrected chi connectivity index (χ3v) is 2.69. The molecule has 0 fully saturated rings. The standard InChI is InChI=1S/C14H15N3O3/c15-14(20)17-11-4-2-10(3-5-11)16-8-9-1-6-12(18)13(19)7-9/h1-7,16,18-19H,8H2,(H3,15,17,20). The van der Waals surface area contributed by atoms with Gasteiger partial charge in [0.2, 0.25) is 0 Å². The molecule has 6 heteroatoms. The number of hydrogen-bond acceptors (Lipinski definition) is 4. The predicted molar refractivity (Wildman–Crippen MR) is 76.7 cm³/mol. The maximum atomic E-state index is 10.7. The van der Waals surface area contributed by atoms with Crippen molar-refractivity contribution in [1.29, 1.82) is 0 Å². The van der Waals surface area contributed by atoms with Gasteiger partial charge in [-0.1, -0.05) is 6.07 Å². The molecular formula is C14H15N3O3. The summed E-state index contributed by atoms with van der Waals surface area (Å²) in [6.07, 6.45) is 0. The number of rotatable bonds is 4. The first-order valence-corrected chi connectivity index (χ1v) is 5.96. The van der Waals surface area contributed by atoms with E-state index in [-0.39, 0.29) is 11.5 Å². The fourth-order valence-electron chi connectivity index (χ4n) is 1.70. The van der Waals surface area contributed by atoms with Crippen molar-refractivity contribution in [2.24, 2.45) is 5.73 Å². The number of nitrogens with two attached hydrogens (primary N) is 1. The number of aromatic hydroxyl groups is 2. The number of hydrogen-bond donors (Lipinski definition) is 5. The van der Waals surface area contributed by atoms with Crippen molar-refractivity contribution in [1.82, 2.24) is 0 Å². The van der Waals surface area contributed by atoms with Crippen molar-refractivity contribution in [2.45, 2.75) is 6.54 Å². The van der Waals surface area contributed by atoms with E-state index in [1.165, 1.54) is 12.1 Å². The Bertz CT molecular complexity index is 612. The van der Waals surface area contributed by atoms with E-state index in [0.29, 0.717) is 12.2 Å². The molecule has 0 aromatic heterocycles. The lowest BCUT2D eigenvalue weighted by atomic mass is 10.2. The first-order chi connectivity index (χ1) is 9.54. The molecule has 6 N–H and O–H groups in total. The van der Waals surface area contributed by atoms with Crippen molar-refractivity contribution in [3.8, 4) is 11.5 Å². The van der Waals surface area contributed by atoms with Crippen LogP contribution < -0.4 is 16.4 Å². The van der Waals surface area contributed by atoms with Crippen LogP contribution in [0.4, 0.5) is 16.2 Å². The summed E-state index contributed by atoms with van der Waals surface area (Å²) in [6, 6.07) is 11.1. The van der Waals surface area contributed by atoms with Gasteiger partial charge in [0.25, 0.3) is 0 Å². The van der Waals surface area contributed by atoms with Crippen molar-refractivity contribution in [3.05, 3.63) is 48.0 Å². The Hall–Kier alpha value is -2.89. The van der Waals surface area contributed by atoms with Crippen LogP contribution >= 0.6 is 0 Å². The van der Waals surface area contributed by atoms with E-state index in [1.54, 1.807) is 30.3 Å². The first-order valence-electron chi connectivity index (χ1n) is 5.96. The zero-order chi connectivity index (χ0) is 14.5. The minimum atomic E-state index is -0.606. The minimum absolute atomic E-state index is 0.143. The number of phenolic OH excluding ortho intramolecular Hbond substituents is 2. The van der Waals surface area contributed by atoms with Gasteiger partial charge in [0.05, 0.1) is 0 Å². The second-order valence-corrected chi connectivity index (χ2v) is 4.24. The highest BCUT2D eigenvalue weighted by Crippen LogP contribution is 2.25. The minimum Gasteiger partial charge on any atom is -0.504 e. The number of urea groups is 1. The number of carbonyl (C=O) groups is 1. The fraction of sp³-hybridized carbons (Fsp3) is 0.0714. The summed E-state index contributed by atoms with van der Waals surface area (Å²) in [5.41, 5.74) is 7.32. The van der Waals surface area contributed by atoms with Gasteiger partial charge in [-0.05, 0) is 42.0 Å². The van der Waals surface area contributed by atoms with Crippen molar-refractivity contribution in [2.75, 3.05) is 10.6 Å². The van der Waals surface area contributed by atoms with E-state index in [0.717, 1.165) is 11.3 Å². The number of carbonyl (C=O) groups excluding carboxylic acids is 1. The van der Waals surface area contributed by atoms with Crippen LogP contribution in [0.3, 0.4) is 0 Å². The van der Waals surface area contributed by atoms with Gasteiger partial charge in [-0.3, -0.25) is 0 Å². The lowest BCUT2D eigenvalue weighted by Crippen LogP contribution is -2.19. The fourth-order valence-corrected chi connectivity index (χ4v) is 1.70. The van der Waals surface area contributed by atoms with Crippen LogP contribution in [0, 0.1) is 0 Å². The zero-order valence-electron chi connectivity index (χ0n) is 10.6. The Kier molecular flexibility index (Phi) is 3.95. The van der Waals surface area contributed by atoms with E-state index in [1.807, 2.05) is 0 Å². The van der Waals surface area contributed by atoms with Crippen LogP contribution in [-0.2, 0) is 6.54 Å². The second kappa shape index (κ2) is 5.83. The highest BCUT2D eigenvalue weighted by Gasteiger charge is 2.01. The monoisotopic (exact) mass is 273 g/mol. The lowest BCUT2D eigenvalue weighted by molar-refractivity contribution is 0.259. The molecule has 2 rings (SSSR count). The number of benzene rings is 2. The van der Waals surface area contributed by atoms with E-state index < -0.39 is 6.03 Å². The number of primary amides is 1. The molecule has 0 aliphatic carbocycles. The van der Waals surface area contributed by atoms with Gasteiger partial charge in [0.1, 0.15) is 0 Å². The smallest absolute Gasteiger partial charge is 0.316 e. The van der Waals surface area contributed by atoms with Crippen LogP contribution in [0.25, 0.3) is 0 Å². The summed E-state index contributed by atoms with van der Waals surface area (Å²) in [4.78, 5) is 10.7. The molecule has 0 bridgehead atoms. The maximum Gasteiger partial charge on any atom is 0.316 e. The number of anilines is 2. The summed E-state index contributed by atoms with van der Waals surface area (Å²) in [7, 11) is 0. The van der Waals surface area contributed by atoms with E-state index >= 15 is 0 Å².